The Morgan fingerprint density at radius 3 is 2.44 bits per heavy atom. The van der Waals surface area contributed by atoms with E-state index in [0.29, 0.717) is 0 Å². The fourth-order valence-corrected chi connectivity index (χ4v) is 2.07. The minimum absolute atomic E-state index is 0.346. The predicted octanol–water partition coefficient (Wildman–Crippen LogP) is -2.32. The first-order valence-corrected chi connectivity index (χ1v) is 5.02. The number of hydrogen-bond donors (Lipinski definition) is 4. The van der Waals surface area contributed by atoms with Crippen molar-refractivity contribution in [3.8, 4) is 0 Å². The van der Waals surface area contributed by atoms with Gasteiger partial charge in [-0.1, -0.05) is 0 Å². The fourth-order valence-electron chi connectivity index (χ4n) is 2.07. The van der Waals surface area contributed by atoms with E-state index in [1.807, 2.05) is 0 Å². The van der Waals surface area contributed by atoms with Crippen molar-refractivity contribution in [2.24, 2.45) is 0 Å². The highest BCUT2D eigenvalue weighted by Crippen LogP contribution is 2.39. The molecule has 2 fully saturated rings. The van der Waals surface area contributed by atoms with Crippen molar-refractivity contribution in [2.45, 2.75) is 50.3 Å². The summed E-state index contributed by atoms with van der Waals surface area (Å²) in [6.45, 7) is 2.74. The number of carbonyl (C=O) groups is 1. The SMILES string of the molecule is CC(=O)N[C@H]1O[C@@]2(C)O[C@@H]1[C@@H](O)[C@H](O)[C@@H]2O. The lowest BCUT2D eigenvalue weighted by Crippen LogP contribution is -2.59. The highest BCUT2D eigenvalue weighted by Gasteiger charge is 2.60. The lowest BCUT2D eigenvalue weighted by molar-refractivity contribution is -0.286. The maximum Gasteiger partial charge on any atom is 0.218 e. The Balaban J connectivity index is 2.21. The first-order valence-electron chi connectivity index (χ1n) is 5.02. The van der Waals surface area contributed by atoms with E-state index in [-0.39, 0.29) is 5.91 Å². The number of rotatable bonds is 1. The van der Waals surface area contributed by atoms with Gasteiger partial charge in [0.25, 0.3) is 0 Å². The predicted molar refractivity (Wildman–Crippen MR) is 50.0 cm³/mol. The molecule has 7 nitrogen and oxygen atoms in total. The Morgan fingerprint density at radius 1 is 1.25 bits per heavy atom. The molecule has 1 amide bonds. The van der Waals surface area contributed by atoms with Crippen LogP contribution in [0.15, 0.2) is 0 Å². The molecule has 2 rings (SSSR count). The van der Waals surface area contributed by atoms with Crippen LogP contribution in [-0.4, -0.2) is 57.7 Å². The molecule has 7 heteroatoms. The smallest absolute Gasteiger partial charge is 0.218 e. The highest BCUT2D eigenvalue weighted by atomic mass is 16.8. The third-order valence-corrected chi connectivity index (χ3v) is 2.92. The summed E-state index contributed by atoms with van der Waals surface area (Å²) in [5.41, 5.74) is 0. The molecule has 0 unspecified atom stereocenters. The summed E-state index contributed by atoms with van der Waals surface area (Å²) in [6.07, 6.45) is -5.78. The molecule has 2 heterocycles. The molecule has 6 atom stereocenters. The Hall–Kier alpha value is -0.730. The average molecular weight is 233 g/mol. The number of aliphatic hydroxyl groups is 3. The maximum atomic E-state index is 10.9. The van der Waals surface area contributed by atoms with Crippen LogP contribution in [0.3, 0.4) is 0 Å². The number of hydrogen-bond acceptors (Lipinski definition) is 6. The second-order valence-electron chi connectivity index (χ2n) is 4.26. The molecule has 0 radical (unpaired) electrons. The molecule has 0 aromatic rings. The third-order valence-electron chi connectivity index (χ3n) is 2.92. The second kappa shape index (κ2) is 3.64. The van der Waals surface area contributed by atoms with Gasteiger partial charge in [-0.2, -0.15) is 0 Å². The second-order valence-corrected chi connectivity index (χ2v) is 4.26. The molecule has 2 aliphatic heterocycles. The summed E-state index contributed by atoms with van der Waals surface area (Å²) in [5, 5.41) is 31.4. The van der Waals surface area contributed by atoms with Crippen molar-refractivity contribution in [1.82, 2.24) is 5.32 Å². The Bertz CT molecular complexity index is 310. The molecule has 2 bridgehead atoms. The van der Waals surface area contributed by atoms with Gasteiger partial charge < -0.3 is 30.1 Å². The topological polar surface area (TPSA) is 108 Å². The van der Waals surface area contributed by atoms with Crippen molar-refractivity contribution >= 4 is 5.91 Å². The maximum absolute atomic E-state index is 10.9. The molecule has 0 aromatic carbocycles. The van der Waals surface area contributed by atoms with Crippen LogP contribution in [0.5, 0.6) is 0 Å². The number of fused-ring (bicyclic) bond motifs is 2. The van der Waals surface area contributed by atoms with Crippen LogP contribution >= 0.6 is 0 Å². The molecule has 0 aliphatic carbocycles. The van der Waals surface area contributed by atoms with Gasteiger partial charge in [-0.3, -0.25) is 4.79 Å². The molecule has 0 spiro atoms. The van der Waals surface area contributed by atoms with Crippen LogP contribution in [0.25, 0.3) is 0 Å². The standard InChI is InChI=1S/C9H15NO6/c1-3(11)10-8-6-4(12)5(13)7(14)9(2,15-6)16-8/h4-8,12-14H,1-2H3,(H,10,11)/t4-,5-,6+,7-,8-,9+/m0/s1. The number of amides is 1. The number of carbonyl (C=O) groups excluding carboxylic acids is 1. The van der Waals surface area contributed by atoms with E-state index in [0.717, 1.165) is 0 Å². The van der Waals surface area contributed by atoms with E-state index < -0.39 is 36.4 Å². The molecular formula is C9H15NO6. The van der Waals surface area contributed by atoms with E-state index >= 15 is 0 Å². The van der Waals surface area contributed by atoms with E-state index in [9.17, 15) is 20.1 Å². The van der Waals surface area contributed by atoms with Gasteiger partial charge in [0, 0.05) is 6.92 Å². The molecule has 16 heavy (non-hydrogen) atoms. The zero-order chi connectivity index (χ0) is 12.1. The Labute approximate surface area is 92.0 Å². The Morgan fingerprint density at radius 2 is 1.88 bits per heavy atom. The summed E-state index contributed by atoms with van der Waals surface area (Å²) in [7, 11) is 0. The molecule has 0 saturated carbocycles. The summed E-state index contributed by atoms with van der Waals surface area (Å²) in [5.74, 6) is -1.75. The van der Waals surface area contributed by atoms with E-state index in [1.165, 1.54) is 13.8 Å². The van der Waals surface area contributed by atoms with Crippen LogP contribution in [0.2, 0.25) is 0 Å². The highest BCUT2D eigenvalue weighted by molar-refractivity contribution is 5.73. The van der Waals surface area contributed by atoms with Gasteiger partial charge in [-0.15, -0.1) is 0 Å². The van der Waals surface area contributed by atoms with Gasteiger partial charge >= 0.3 is 0 Å². The van der Waals surface area contributed by atoms with Crippen LogP contribution in [-0.2, 0) is 14.3 Å². The van der Waals surface area contributed by atoms with Crippen molar-refractivity contribution in [3.05, 3.63) is 0 Å². The molecule has 2 saturated heterocycles. The Kier molecular flexibility index (Phi) is 2.67. The molecular weight excluding hydrogens is 218 g/mol. The van der Waals surface area contributed by atoms with E-state index in [2.05, 4.69) is 5.32 Å². The van der Waals surface area contributed by atoms with Crippen LogP contribution in [0.4, 0.5) is 0 Å². The fraction of sp³-hybridized carbons (Fsp3) is 0.889. The van der Waals surface area contributed by atoms with Gasteiger partial charge in [0.2, 0.25) is 5.91 Å². The monoisotopic (exact) mass is 233 g/mol. The molecule has 4 N–H and O–H groups in total. The summed E-state index contributed by atoms with van der Waals surface area (Å²) < 4.78 is 10.6. The summed E-state index contributed by atoms with van der Waals surface area (Å²) in [4.78, 5) is 10.9. The van der Waals surface area contributed by atoms with Gasteiger partial charge in [-0.05, 0) is 6.92 Å². The van der Waals surface area contributed by atoms with Gasteiger partial charge in [0.05, 0.1) is 0 Å². The van der Waals surface area contributed by atoms with E-state index in [1.54, 1.807) is 0 Å². The largest absolute Gasteiger partial charge is 0.387 e. The summed E-state index contributed by atoms with van der Waals surface area (Å²) >= 11 is 0. The van der Waals surface area contributed by atoms with Gasteiger partial charge in [0.1, 0.15) is 24.4 Å². The van der Waals surface area contributed by atoms with Gasteiger partial charge in [-0.25, -0.2) is 0 Å². The van der Waals surface area contributed by atoms with Crippen LogP contribution in [0, 0.1) is 0 Å². The van der Waals surface area contributed by atoms with E-state index in [4.69, 9.17) is 9.47 Å². The average Bonchev–Trinajstić information content (AvgIpc) is 2.49. The minimum Gasteiger partial charge on any atom is -0.387 e. The molecule has 0 aromatic heterocycles. The first kappa shape index (κ1) is 11.7. The van der Waals surface area contributed by atoms with Crippen LogP contribution < -0.4 is 5.32 Å². The lowest BCUT2D eigenvalue weighted by Gasteiger charge is -2.38. The first-order chi connectivity index (χ1) is 7.35. The van der Waals surface area contributed by atoms with Crippen LogP contribution in [0.1, 0.15) is 13.8 Å². The summed E-state index contributed by atoms with van der Waals surface area (Å²) in [6, 6.07) is 0. The van der Waals surface area contributed by atoms with Crippen molar-refractivity contribution in [3.63, 3.8) is 0 Å². The zero-order valence-corrected chi connectivity index (χ0v) is 8.95. The normalized spacial score (nSPS) is 51.4. The number of nitrogens with one attached hydrogen (secondary N) is 1. The number of ether oxygens (including phenoxy) is 2. The van der Waals surface area contributed by atoms with Crippen molar-refractivity contribution in [1.29, 1.82) is 0 Å². The third kappa shape index (κ3) is 1.61. The van der Waals surface area contributed by atoms with Crippen molar-refractivity contribution < 1.29 is 29.6 Å². The van der Waals surface area contributed by atoms with Crippen molar-refractivity contribution in [2.75, 3.05) is 0 Å². The molecule has 2 aliphatic rings. The number of aliphatic hydroxyl groups excluding tert-OH is 3. The molecule has 92 valence electrons. The van der Waals surface area contributed by atoms with Gasteiger partial charge in [0.15, 0.2) is 12.0 Å². The lowest BCUT2D eigenvalue weighted by atomic mass is 9.95. The minimum atomic E-state index is -1.41. The zero-order valence-electron chi connectivity index (χ0n) is 8.95. The quantitative estimate of drug-likeness (QED) is 0.405.